The molecule has 0 aliphatic rings. The Hall–Kier alpha value is -1.16. The minimum atomic E-state index is 0.590. The zero-order valence-corrected chi connectivity index (χ0v) is 8.08. The van der Waals surface area contributed by atoms with Gasteiger partial charge < -0.3 is 10.5 Å². The number of rotatable bonds is 4. The van der Waals surface area contributed by atoms with E-state index in [1.807, 2.05) is 13.8 Å². The maximum Gasteiger partial charge on any atom is 0.219 e. The minimum Gasteiger partial charge on any atom is -0.478 e. The molecular formula is C9H15N3O. The lowest BCUT2D eigenvalue weighted by atomic mass is 10.2. The highest BCUT2D eigenvalue weighted by molar-refractivity contribution is 5.23. The number of nitrogens with two attached hydrogens (primary N) is 1. The number of nitrogens with zero attached hydrogens (tertiary/aromatic N) is 2. The molecule has 72 valence electrons. The Morgan fingerprint density at radius 3 is 2.92 bits per heavy atom. The lowest BCUT2D eigenvalue weighted by Gasteiger charge is -2.07. The quantitative estimate of drug-likeness (QED) is 0.742. The average Bonchev–Trinajstić information content (AvgIpc) is 2.10. The molecule has 0 spiro atoms. The molecule has 1 aromatic rings. The van der Waals surface area contributed by atoms with Gasteiger partial charge in [0.05, 0.1) is 6.61 Å². The number of hydrogen-bond acceptors (Lipinski definition) is 4. The molecular weight excluding hydrogens is 166 g/mol. The van der Waals surface area contributed by atoms with E-state index in [1.54, 1.807) is 6.20 Å². The summed E-state index contributed by atoms with van der Waals surface area (Å²) in [5.74, 6) is 1.39. The summed E-state index contributed by atoms with van der Waals surface area (Å²) in [7, 11) is 0. The maximum atomic E-state index is 5.45. The predicted molar refractivity (Wildman–Crippen MR) is 50.7 cm³/mol. The van der Waals surface area contributed by atoms with E-state index in [2.05, 4.69) is 9.97 Å². The van der Waals surface area contributed by atoms with Crippen LogP contribution in [0.3, 0.4) is 0 Å². The van der Waals surface area contributed by atoms with Gasteiger partial charge in [-0.05, 0) is 26.8 Å². The van der Waals surface area contributed by atoms with Crippen molar-refractivity contribution in [3.63, 3.8) is 0 Å². The standard InChI is InChI=1S/C9H15N3O/c1-3-13-9-8(4-5-10)6-11-7(2)12-9/h6H,3-5,10H2,1-2H3. The molecule has 1 rings (SSSR count). The number of hydrogen-bond donors (Lipinski definition) is 1. The van der Waals surface area contributed by atoms with E-state index in [4.69, 9.17) is 10.5 Å². The summed E-state index contributed by atoms with van der Waals surface area (Å²) >= 11 is 0. The summed E-state index contributed by atoms with van der Waals surface area (Å²) in [5.41, 5.74) is 6.43. The lowest BCUT2D eigenvalue weighted by Crippen LogP contribution is -2.07. The second-order valence-electron chi connectivity index (χ2n) is 2.72. The summed E-state index contributed by atoms with van der Waals surface area (Å²) in [4.78, 5) is 8.29. The van der Waals surface area contributed by atoms with E-state index in [9.17, 15) is 0 Å². The largest absolute Gasteiger partial charge is 0.478 e. The van der Waals surface area contributed by atoms with E-state index in [0.29, 0.717) is 19.0 Å². The van der Waals surface area contributed by atoms with Crippen LogP contribution in [0.4, 0.5) is 0 Å². The van der Waals surface area contributed by atoms with Crippen LogP contribution >= 0.6 is 0 Å². The summed E-state index contributed by atoms with van der Waals surface area (Å²) in [6, 6.07) is 0. The van der Waals surface area contributed by atoms with Gasteiger partial charge in [0.1, 0.15) is 5.82 Å². The van der Waals surface area contributed by atoms with Crippen molar-refractivity contribution < 1.29 is 4.74 Å². The summed E-state index contributed by atoms with van der Waals surface area (Å²) in [6.07, 6.45) is 2.54. The van der Waals surface area contributed by atoms with Crippen LogP contribution in [0.5, 0.6) is 5.88 Å². The Bertz CT molecular complexity index is 276. The van der Waals surface area contributed by atoms with Gasteiger partial charge in [0, 0.05) is 11.8 Å². The van der Waals surface area contributed by atoms with Crippen LogP contribution in [0.1, 0.15) is 18.3 Å². The first-order chi connectivity index (χ1) is 6.27. The predicted octanol–water partition coefficient (Wildman–Crippen LogP) is 0.685. The van der Waals surface area contributed by atoms with Crippen molar-refractivity contribution in [3.8, 4) is 5.88 Å². The van der Waals surface area contributed by atoms with Crippen molar-refractivity contribution in [1.82, 2.24) is 9.97 Å². The van der Waals surface area contributed by atoms with Gasteiger partial charge in [-0.15, -0.1) is 0 Å². The Morgan fingerprint density at radius 2 is 2.31 bits per heavy atom. The summed E-state index contributed by atoms with van der Waals surface area (Å²) in [6.45, 7) is 4.99. The first-order valence-corrected chi connectivity index (χ1v) is 4.43. The molecule has 1 heterocycles. The highest BCUT2D eigenvalue weighted by atomic mass is 16.5. The van der Waals surface area contributed by atoms with Crippen LogP contribution in [-0.4, -0.2) is 23.1 Å². The van der Waals surface area contributed by atoms with Crippen LogP contribution in [0, 0.1) is 6.92 Å². The molecule has 0 saturated heterocycles. The zero-order chi connectivity index (χ0) is 9.68. The van der Waals surface area contributed by atoms with Gasteiger partial charge in [0.25, 0.3) is 0 Å². The van der Waals surface area contributed by atoms with Crippen LogP contribution in [0.2, 0.25) is 0 Å². The van der Waals surface area contributed by atoms with E-state index < -0.39 is 0 Å². The minimum absolute atomic E-state index is 0.590. The van der Waals surface area contributed by atoms with Crippen molar-refractivity contribution >= 4 is 0 Å². The van der Waals surface area contributed by atoms with Crippen LogP contribution in [0.15, 0.2) is 6.20 Å². The average molecular weight is 181 g/mol. The molecule has 0 radical (unpaired) electrons. The third-order valence-corrected chi connectivity index (χ3v) is 1.64. The molecule has 0 aromatic carbocycles. The second kappa shape index (κ2) is 4.77. The van der Waals surface area contributed by atoms with Crippen molar-refractivity contribution in [2.45, 2.75) is 20.3 Å². The monoisotopic (exact) mass is 181 g/mol. The highest BCUT2D eigenvalue weighted by Crippen LogP contribution is 2.14. The Morgan fingerprint density at radius 1 is 1.54 bits per heavy atom. The van der Waals surface area contributed by atoms with Gasteiger partial charge in [-0.1, -0.05) is 0 Å². The Kier molecular flexibility index (Phi) is 3.64. The summed E-state index contributed by atoms with van der Waals surface area (Å²) in [5, 5.41) is 0. The van der Waals surface area contributed by atoms with Gasteiger partial charge in [0.2, 0.25) is 5.88 Å². The van der Waals surface area contributed by atoms with Crippen LogP contribution in [0.25, 0.3) is 0 Å². The van der Waals surface area contributed by atoms with Crippen molar-refractivity contribution in [1.29, 1.82) is 0 Å². The molecule has 0 unspecified atom stereocenters. The molecule has 4 nitrogen and oxygen atoms in total. The van der Waals surface area contributed by atoms with E-state index in [0.717, 1.165) is 17.8 Å². The fourth-order valence-electron chi connectivity index (χ4n) is 1.06. The highest BCUT2D eigenvalue weighted by Gasteiger charge is 2.04. The first-order valence-electron chi connectivity index (χ1n) is 4.43. The maximum absolute atomic E-state index is 5.45. The number of aryl methyl sites for hydroxylation is 1. The SMILES string of the molecule is CCOc1nc(C)ncc1CCN. The molecule has 4 heteroatoms. The molecule has 0 aliphatic carbocycles. The third-order valence-electron chi connectivity index (χ3n) is 1.64. The Balaban J connectivity index is 2.89. The molecule has 2 N–H and O–H groups in total. The van der Waals surface area contributed by atoms with Gasteiger partial charge in [-0.3, -0.25) is 0 Å². The van der Waals surface area contributed by atoms with Crippen LogP contribution < -0.4 is 10.5 Å². The molecule has 0 saturated carbocycles. The van der Waals surface area contributed by atoms with Gasteiger partial charge in [-0.2, -0.15) is 4.98 Å². The molecule has 0 aliphatic heterocycles. The zero-order valence-electron chi connectivity index (χ0n) is 8.08. The molecule has 0 amide bonds. The smallest absolute Gasteiger partial charge is 0.219 e. The van der Waals surface area contributed by atoms with E-state index in [1.165, 1.54) is 0 Å². The van der Waals surface area contributed by atoms with Gasteiger partial charge in [-0.25, -0.2) is 4.98 Å². The molecule has 0 atom stereocenters. The molecule has 1 aromatic heterocycles. The van der Waals surface area contributed by atoms with Crippen LogP contribution in [-0.2, 0) is 6.42 Å². The molecule has 13 heavy (non-hydrogen) atoms. The van der Waals surface area contributed by atoms with Crippen molar-refractivity contribution in [2.24, 2.45) is 5.73 Å². The molecule has 0 bridgehead atoms. The van der Waals surface area contributed by atoms with E-state index >= 15 is 0 Å². The fourth-order valence-corrected chi connectivity index (χ4v) is 1.06. The Labute approximate surface area is 78.1 Å². The van der Waals surface area contributed by atoms with E-state index in [-0.39, 0.29) is 0 Å². The summed E-state index contributed by atoms with van der Waals surface area (Å²) < 4.78 is 5.36. The van der Waals surface area contributed by atoms with Gasteiger partial charge in [0.15, 0.2) is 0 Å². The molecule has 0 fully saturated rings. The number of ether oxygens (including phenoxy) is 1. The first kappa shape index (κ1) is 9.92. The normalized spacial score (nSPS) is 10.1. The van der Waals surface area contributed by atoms with Gasteiger partial charge >= 0.3 is 0 Å². The van der Waals surface area contributed by atoms with Crippen molar-refractivity contribution in [3.05, 3.63) is 17.6 Å². The lowest BCUT2D eigenvalue weighted by molar-refractivity contribution is 0.321. The topological polar surface area (TPSA) is 61.0 Å². The number of aromatic nitrogens is 2. The van der Waals surface area contributed by atoms with Crippen molar-refractivity contribution in [2.75, 3.05) is 13.2 Å². The second-order valence-corrected chi connectivity index (χ2v) is 2.72. The third kappa shape index (κ3) is 2.66. The fraction of sp³-hybridized carbons (Fsp3) is 0.556.